The molecule has 0 spiro atoms. The number of ether oxygens (including phenoxy) is 1. The Kier molecular flexibility index (Phi) is 6.05. The van der Waals surface area contributed by atoms with Crippen LogP contribution in [-0.2, 0) is 4.74 Å². The van der Waals surface area contributed by atoms with Crippen LogP contribution in [0.15, 0.2) is 0 Å². The molecule has 0 atom stereocenters. The molecule has 96 valence electrons. The summed E-state index contributed by atoms with van der Waals surface area (Å²) in [5.74, 6) is 0.106. The molecular formula is C10H14Br2N2O2S. The fourth-order valence-corrected chi connectivity index (χ4v) is 3.11. The maximum atomic E-state index is 11.6. The van der Waals surface area contributed by atoms with E-state index < -0.39 is 0 Å². The quantitative estimate of drug-likeness (QED) is 0.592. The van der Waals surface area contributed by atoms with Crippen LogP contribution in [0.1, 0.15) is 15.4 Å². The molecule has 0 bridgehead atoms. The second kappa shape index (κ2) is 6.82. The average Bonchev–Trinajstić information content (AvgIpc) is 2.71. The highest BCUT2D eigenvalue weighted by Crippen LogP contribution is 2.27. The third-order valence-electron chi connectivity index (χ3n) is 2.44. The Bertz CT molecular complexity index is 392. The summed E-state index contributed by atoms with van der Waals surface area (Å²) < 4.78 is 5.29. The van der Waals surface area contributed by atoms with Gasteiger partial charge in [-0.2, -0.15) is 0 Å². The van der Waals surface area contributed by atoms with Crippen molar-refractivity contribution in [3.8, 4) is 0 Å². The van der Waals surface area contributed by atoms with Gasteiger partial charge in [0.05, 0.1) is 29.1 Å². The zero-order valence-corrected chi connectivity index (χ0v) is 13.6. The predicted octanol–water partition coefficient (Wildman–Crippen LogP) is 2.44. The van der Waals surface area contributed by atoms with Gasteiger partial charge in [-0.1, -0.05) is 27.3 Å². The van der Waals surface area contributed by atoms with E-state index >= 15 is 0 Å². The van der Waals surface area contributed by atoms with Crippen LogP contribution in [-0.4, -0.2) is 42.4 Å². The summed E-state index contributed by atoms with van der Waals surface area (Å²) >= 11 is 4.67. The number of morpholine rings is 1. The van der Waals surface area contributed by atoms with E-state index in [1.165, 1.54) is 11.3 Å². The number of ketones is 1. The smallest absolute Gasteiger partial charge is 0.186 e. The summed E-state index contributed by atoms with van der Waals surface area (Å²) in [4.78, 5) is 19.0. The fourth-order valence-electron chi connectivity index (χ4n) is 1.59. The highest BCUT2D eigenvalue weighted by atomic mass is 79.9. The van der Waals surface area contributed by atoms with E-state index in [0.717, 1.165) is 42.0 Å². The van der Waals surface area contributed by atoms with Crippen LogP contribution in [0, 0.1) is 6.92 Å². The standard InChI is InChI=1S/C10H13BrN2O2S.BrH/c1-7-9(8(14)6-11)16-10(12-7)13-2-4-15-5-3-13;/h2-6H2,1H3;1H. The predicted molar refractivity (Wildman–Crippen MR) is 78.3 cm³/mol. The molecule has 1 fully saturated rings. The molecule has 0 aromatic carbocycles. The number of rotatable bonds is 3. The third-order valence-corrected chi connectivity index (χ3v) is 4.21. The lowest BCUT2D eigenvalue weighted by Gasteiger charge is -2.25. The number of carbonyl (C=O) groups excluding carboxylic acids is 1. The molecule has 0 unspecified atom stereocenters. The molecule has 0 N–H and O–H groups in total. The molecule has 0 amide bonds. The highest BCUT2D eigenvalue weighted by molar-refractivity contribution is 9.09. The van der Waals surface area contributed by atoms with Crippen molar-refractivity contribution < 1.29 is 9.53 Å². The Morgan fingerprint density at radius 3 is 2.76 bits per heavy atom. The first-order valence-electron chi connectivity index (χ1n) is 5.11. The van der Waals surface area contributed by atoms with Crippen molar-refractivity contribution >= 4 is 55.2 Å². The number of alkyl halides is 1. The van der Waals surface area contributed by atoms with Gasteiger partial charge in [-0.15, -0.1) is 17.0 Å². The third kappa shape index (κ3) is 3.49. The van der Waals surface area contributed by atoms with Crippen molar-refractivity contribution in [2.24, 2.45) is 0 Å². The van der Waals surface area contributed by atoms with Gasteiger partial charge in [0, 0.05) is 13.1 Å². The summed E-state index contributed by atoms with van der Waals surface area (Å²) in [6.07, 6.45) is 0. The van der Waals surface area contributed by atoms with Crippen LogP contribution >= 0.6 is 44.2 Å². The van der Waals surface area contributed by atoms with Crippen molar-refractivity contribution in [3.63, 3.8) is 0 Å². The number of nitrogens with zero attached hydrogens (tertiary/aromatic N) is 2. The molecule has 2 heterocycles. The summed E-state index contributed by atoms with van der Waals surface area (Å²) in [5.41, 5.74) is 0.830. The molecule has 0 aliphatic carbocycles. The first-order valence-corrected chi connectivity index (χ1v) is 7.05. The van der Waals surface area contributed by atoms with Gasteiger partial charge in [0.15, 0.2) is 10.9 Å². The Morgan fingerprint density at radius 1 is 1.53 bits per heavy atom. The monoisotopic (exact) mass is 384 g/mol. The largest absolute Gasteiger partial charge is 0.378 e. The van der Waals surface area contributed by atoms with Crippen molar-refractivity contribution in [1.82, 2.24) is 4.98 Å². The number of aromatic nitrogens is 1. The number of anilines is 1. The maximum Gasteiger partial charge on any atom is 0.186 e. The maximum absolute atomic E-state index is 11.6. The number of halogens is 2. The van der Waals surface area contributed by atoms with Gasteiger partial charge in [0.2, 0.25) is 0 Å². The molecular weight excluding hydrogens is 372 g/mol. The Balaban J connectivity index is 0.00000144. The molecule has 2 rings (SSSR count). The zero-order chi connectivity index (χ0) is 11.5. The molecule has 1 aromatic heterocycles. The summed E-state index contributed by atoms with van der Waals surface area (Å²) in [5, 5.41) is 1.29. The van der Waals surface area contributed by atoms with E-state index in [4.69, 9.17) is 4.74 Å². The lowest BCUT2D eigenvalue weighted by molar-refractivity contribution is 0.102. The minimum Gasteiger partial charge on any atom is -0.378 e. The van der Waals surface area contributed by atoms with Gasteiger partial charge in [0.1, 0.15) is 0 Å². The molecule has 1 saturated heterocycles. The summed E-state index contributed by atoms with van der Waals surface area (Å²) in [6, 6.07) is 0. The average molecular weight is 386 g/mol. The molecule has 1 aliphatic rings. The summed E-state index contributed by atoms with van der Waals surface area (Å²) in [6.45, 7) is 5.07. The van der Waals surface area contributed by atoms with Crippen LogP contribution in [0.3, 0.4) is 0 Å². The minimum absolute atomic E-state index is 0. The van der Waals surface area contributed by atoms with E-state index in [9.17, 15) is 4.79 Å². The number of aryl methyl sites for hydroxylation is 1. The molecule has 7 heteroatoms. The van der Waals surface area contributed by atoms with E-state index in [-0.39, 0.29) is 22.8 Å². The van der Waals surface area contributed by atoms with Gasteiger partial charge >= 0.3 is 0 Å². The molecule has 4 nitrogen and oxygen atoms in total. The fraction of sp³-hybridized carbons (Fsp3) is 0.600. The van der Waals surface area contributed by atoms with Crippen LogP contribution in [0.2, 0.25) is 0 Å². The van der Waals surface area contributed by atoms with E-state index in [1.807, 2.05) is 6.92 Å². The molecule has 1 aliphatic heterocycles. The van der Waals surface area contributed by atoms with Crippen LogP contribution in [0.5, 0.6) is 0 Å². The lowest BCUT2D eigenvalue weighted by atomic mass is 10.3. The van der Waals surface area contributed by atoms with Gasteiger partial charge in [0.25, 0.3) is 0 Å². The molecule has 17 heavy (non-hydrogen) atoms. The summed E-state index contributed by atoms with van der Waals surface area (Å²) in [7, 11) is 0. The number of hydrogen-bond donors (Lipinski definition) is 0. The first-order chi connectivity index (χ1) is 7.72. The Hall–Kier alpha value is 0.0200. The van der Waals surface area contributed by atoms with E-state index in [1.54, 1.807) is 0 Å². The topological polar surface area (TPSA) is 42.4 Å². The van der Waals surface area contributed by atoms with Crippen LogP contribution < -0.4 is 4.90 Å². The zero-order valence-electron chi connectivity index (χ0n) is 9.44. The molecule has 1 aromatic rings. The van der Waals surface area contributed by atoms with E-state index in [2.05, 4.69) is 25.8 Å². The Labute approximate surface area is 123 Å². The SMILES string of the molecule is Br.Cc1nc(N2CCOCC2)sc1C(=O)CBr. The first kappa shape index (κ1) is 15.1. The normalized spacial score (nSPS) is 15.5. The van der Waals surface area contributed by atoms with Gasteiger partial charge < -0.3 is 9.64 Å². The lowest BCUT2D eigenvalue weighted by Crippen LogP contribution is -2.36. The second-order valence-electron chi connectivity index (χ2n) is 3.57. The van der Waals surface area contributed by atoms with Gasteiger partial charge in [-0.05, 0) is 6.92 Å². The van der Waals surface area contributed by atoms with Gasteiger partial charge in [-0.3, -0.25) is 4.79 Å². The number of Topliss-reactive ketones (excluding diaryl/α,β-unsaturated/α-hetero) is 1. The van der Waals surface area contributed by atoms with Crippen LogP contribution in [0.4, 0.5) is 5.13 Å². The van der Waals surface area contributed by atoms with E-state index in [0.29, 0.717) is 5.33 Å². The van der Waals surface area contributed by atoms with Crippen molar-refractivity contribution in [2.45, 2.75) is 6.92 Å². The van der Waals surface area contributed by atoms with Crippen LogP contribution in [0.25, 0.3) is 0 Å². The molecule has 0 radical (unpaired) electrons. The second-order valence-corrected chi connectivity index (χ2v) is 5.11. The minimum atomic E-state index is 0. The van der Waals surface area contributed by atoms with Gasteiger partial charge in [-0.25, -0.2) is 4.98 Å². The number of carbonyl (C=O) groups is 1. The number of hydrogen-bond acceptors (Lipinski definition) is 5. The highest BCUT2D eigenvalue weighted by Gasteiger charge is 2.19. The molecule has 0 saturated carbocycles. The number of thiazole rings is 1. The van der Waals surface area contributed by atoms with Crippen molar-refractivity contribution in [1.29, 1.82) is 0 Å². The van der Waals surface area contributed by atoms with Crippen molar-refractivity contribution in [2.75, 3.05) is 36.5 Å². The van der Waals surface area contributed by atoms with Crippen molar-refractivity contribution in [3.05, 3.63) is 10.6 Å². The Morgan fingerprint density at radius 2 is 2.18 bits per heavy atom.